The molecule has 0 bridgehead atoms. The van der Waals surface area contributed by atoms with Crippen LogP contribution in [0.25, 0.3) is 104 Å². The minimum atomic E-state index is 0.0198. The smallest absolute Gasteiger partial charge is 0.135 e. The van der Waals surface area contributed by atoms with Gasteiger partial charge in [-0.15, -0.1) is 0 Å². The minimum absolute atomic E-state index is 0.0198. The van der Waals surface area contributed by atoms with E-state index >= 15 is 0 Å². The number of benzene rings is 10. The maximum absolute atomic E-state index is 6.21. The molecule has 3 heteroatoms. The quantitative estimate of drug-likeness (QED) is 0.150. The first-order chi connectivity index (χ1) is 32.2. The highest BCUT2D eigenvalue weighted by molar-refractivity contribution is 6.11. The van der Waals surface area contributed by atoms with Gasteiger partial charge in [-0.2, -0.15) is 0 Å². The maximum Gasteiger partial charge on any atom is 0.135 e. The van der Waals surface area contributed by atoms with Gasteiger partial charge in [0.25, 0.3) is 0 Å². The molecule has 304 valence electrons. The van der Waals surface area contributed by atoms with Crippen LogP contribution < -0.4 is 0 Å². The van der Waals surface area contributed by atoms with Gasteiger partial charge in [0, 0.05) is 50.3 Å². The number of para-hydroxylation sites is 2. The number of pyridine rings is 1. The van der Waals surface area contributed by atoms with E-state index in [0.29, 0.717) is 0 Å². The zero-order valence-corrected chi connectivity index (χ0v) is 35.4. The highest BCUT2D eigenvalue weighted by Crippen LogP contribution is 2.40. The molecule has 3 nitrogen and oxygen atoms in total. The highest BCUT2D eigenvalue weighted by atomic mass is 16.3. The van der Waals surface area contributed by atoms with Crippen LogP contribution in [0.5, 0.6) is 0 Å². The molecule has 0 aliphatic rings. The van der Waals surface area contributed by atoms with Gasteiger partial charge in [-0.05, 0) is 110 Å². The third-order valence-electron chi connectivity index (χ3n) is 13.3. The number of furan rings is 1. The summed E-state index contributed by atoms with van der Waals surface area (Å²) in [5, 5.41) is 8.32. The third-order valence-corrected chi connectivity index (χ3v) is 13.3. The Kier molecular flexibility index (Phi) is 8.60. The summed E-state index contributed by atoms with van der Waals surface area (Å²) in [6, 6.07) is 83.6. The second kappa shape index (κ2) is 15.1. The zero-order valence-electron chi connectivity index (χ0n) is 35.4. The van der Waals surface area contributed by atoms with Crippen LogP contribution in [-0.4, -0.2) is 9.55 Å². The Labute approximate surface area is 376 Å². The van der Waals surface area contributed by atoms with Gasteiger partial charge >= 0.3 is 0 Å². The van der Waals surface area contributed by atoms with Crippen LogP contribution in [0, 0.1) is 0 Å². The Hall–Kier alpha value is -8.53. The molecule has 0 saturated carbocycles. The van der Waals surface area contributed by atoms with Crippen LogP contribution in [0.4, 0.5) is 0 Å². The first-order valence-corrected chi connectivity index (χ1v) is 22.3. The molecule has 0 aliphatic carbocycles. The van der Waals surface area contributed by atoms with E-state index < -0.39 is 0 Å². The van der Waals surface area contributed by atoms with Crippen molar-refractivity contribution in [1.82, 2.24) is 9.55 Å². The average molecular weight is 829 g/mol. The van der Waals surface area contributed by atoms with Crippen molar-refractivity contribution in [3.05, 3.63) is 253 Å². The molecule has 0 fully saturated rings. The number of nitrogens with zero attached hydrogens (tertiary/aromatic N) is 2. The second-order valence-corrected chi connectivity index (χ2v) is 17.1. The van der Waals surface area contributed by atoms with E-state index in [1.165, 1.54) is 77.1 Å². The van der Waals surface area contributed by atoms with Gasteiger partial charge in [-0.3, -0.25) is 4.98 Å². The topological polar surface area (TPSA) is 31.0 Å². The first kappa shape index (κ1) is 37.1. The molecule has 65 heavy (non-hydrogen) atoms. The number of hydrogen-bond acceptors (Lipinski definition) is 2. The summed E-state index contributed by atoms with van der Waals surface area (Å²) >= 11 is 0. The molecule has 0 spiro atoms. The van der Waals surface area contributed by atoms with E-state index in [1.54, 1.807) is 0 Å². The minimum Gasteiger partial charge on any atom is -0.456 e. The molecular formula is C62H40N2O. The molecule has 0 N–H and O–H groups in total. The molecule has 0 saturated heterocycles. The number of fused-ring (bicyclic) bond motifs is 8. The third kappa shape index (κ3) is 6.40. The molecule has 3 heterocycles. The molecule has 0 radical (unpaired) electrons. The first-order valence-electron chi connectivity index (χ1n) is 22.3. The van der Waals surface area contributed by atoms with E-state index in [0.717, 1.165) is 44.1 Å². The van der Waals surface area contributed by atoms with Crippen LogP contribution in [-0.2, 0) is 0 Å². The molecule has 1 atom stereocenters. The van der Waals surface area contributed by atoms with Crippen molar-refractivity contribution in [1.29, 1.82) is 0 Å². The molecule has 10 aromatic carbocycles. The van der Waals surface area contributed by atoms with Crippen LogP contribution >= 0.6 is 0 Å². The molecule has 13 aromatic rings. The van der Waals surface area contributed by atoms with E-state index in [2.05, 4.69) is 223 Å². The van der Waals surface area contributed by atoms with E-state index in [-0.39, 0.29) is 5.92 Å². The Morgan fingerprint density at radius 1 is 0.338 bits per heavy atom. The maximum atomic E-state index is 6.21. The van der Waals surface area contributed by atoms with Crippen molar-refractivity contribution >= 4 is 65.4 Å². The average Bonchev–Trinajstić information content (AvgIpc) is 3.92. The number of aromatic nitrogens is 2. The summed E-state index contributed by atoms with van der Waals surface area (Å²) in [6.45, 7) is 0. The van der Waals surface area contributed by atoms with E-state index in [1.807, 2.05) is 18.3 Å². The molecule has 3 aromatic heterocycles. The Balaban J connectivity index is 0.874. The monoisotopic (exact) mass is 828 g/mol. The number of hydrogen-bond donors (Lipinski definition) is 0. The fourth-order valence-corrected chi connectivity index (χ4v) is 10.1. The number of rotatable bonds is 7. The van der Waals surface area contributed by atoms with E-state index in [4.69, 9.17) is 9.40 Å². The SMILES string of the molecule is c1ccc(-c2cnc3cc(C(c4ccc(-c5cccc(-c6ccc7c8ccccc8n(-c8ccc9oc%10ccccc%10c9c8)c7c6)c5)cc4)c4ccc5ccccc5c4)ccc3c2)cc1. The van der Waals surface area contributed by atoms with Crippen LogP contribution in [0.1, 0.15) is 22.6 Å². The van der Waals surface area contributed by atoms with Crippen molar-refractivity contribution in [3.63, 3.8) is 0 Å². The lowest BCUT2D eigenvalue weighted by Gasteiger charge is -2.21. The summed E-state index contributed by atoms with van der Waals surface area (Å²) in [5.74, 6) is 0.0198. The lowest BCUT2D eigenvalue weighted by atomic mass is 9.83. The summed E-state index contributed by atoms with van der Waals surface area (Å²) < 4.78 is 8.61. The zero-order chi connectivity index (χ0) is 42.8. The van der Waals surface area contributed by atoms with Gasteiger partial charge in [-0.1, -0.05) is 176 Å². The van der Waals surface area contributed by atoms with Gasteiger partial charge in [-0.25, -0.2) is 0 Å². The lowest BCUT2D eigenvalue weighted by Crippen LogP contribution is -2.04. The summed E-state index contributed by atoms with van der Waals surface area (Å²) in [4.78, 5) is 4.99. The molecule has 0 amide bonds. The van der Waals surface area contributed by atoms with Gasteiger partial charge in [0.05, 0.1) is 16.6 Å². The van der Waals surface area contributed by atoms with E-state index in [9.17, 15) is 0 Å². The molecular weight excluding hydrogens is 789 g/mol. The molecule has 13 rings (SSSR count). The standard InChI is InChI=1S/C62H40N2O/c1-2-11-40(12-3-1)51-35-48-26-28-50(36-57(48)63-39-51)62(49-27-23-41-13-4-5-14-44(41)34-49)43-24-21-42(22-25-43)45-15-10-16-46(33-45)47-29-31-54-53-17-6-8-19-58(53)64(59(54)37-47)52-30-32-61-56(38-52)55-18-7-9-20-60(55)65-61/h1-39,62H. The summed E-state index contributed by atoms with van der Waals surface area (Å²) in [7, 11) is 0. The molecule has 0 aliphatic heterocycles. The Morgan fingerprint density at radius 2 is 0.969 bits per heavy atom. The van der Waals surface area contributed by atoms with Crippen molar-refractivity contribution < 1.29 is 4.42 Å². The van der Waals surface area contributed by atoms with Gasteiger partial charge in [0.1, 0.15) is 11.2 Å². The Bertz CT molecular complexity index is 3950. The van der Waals surface area contributed by atoms with Gasteiger partial charge < -0.3 is 8.98 Å². The fraction of sp³-hybridized carbons (Fsp3) is 0.0161. The predicted octanol–water partition coefficient (Wildman–Crippen LogP) is 16.6. The fourth-order valence-electron chi connectivity index (χ4n) is 10.1. The Morgan fingerprint density at radius 3 is 1.85 bits per heavy atom. The van der Waals surface area contributed by atoms with Crippen molar-refractivity contribution in [2.75, 3.05) is 0 Å². The normalized spacial score (nSPS) is 12.2. The highest BCUT2D eigenvalue weighted by Gasteiger charge is 2.20. The summed E-state index contributed by atoms with van der Waals surface area (Å²) in [6.07, 6.45) is 2.00. The molecule has 1 unspecified atom stereocenters. The van der Waals surface area contributed by atoms with Gasteiger partial charge in [0.15, 0.2) is 0 Å². The van der Waals surface area contributed by atoms with Crippen LogP contribution in [0.15, 0.2) is 241 Å². The second-order valence-electron chi connectivity index (χ2n) is 17.1. The van der Waals surface area contributed by atoms with Crippen molar-refractivity contribution in [2.45, 2.75) is 5.92 Å². The largest absolute Gasteiger partial charge is 0.456 e. The van der Waals surface area contributed by atoms with Gasteiger partial charge in [0.2, 0.25) is 0 Å². The van der Waals surface area contributed by atoms with Crippen molar-refractivity contribution in [2.24, 2.45) is 0 Å². The van der Waals surface area contributed by atoms with Crippen LogP contribution in [0.3, 0.4) is 0 Å². The van der Waals surface area contributed by atoms with Crippen molar-refractivity contribution in [3.8, 4) is 39.1 Å². The van der Waals surface area contributed by atoms with Crippen LogP contribution in [0.2, 0.25) is 0 Å². The predicted molar refractivity (Wildman–Crippen MR) is 271 cm³/mol. The summed E-state index contributed by atoms with van der Waals surface area (Å²) in [5.41, 5.74) is 17.0. The lowest BCUT2D eigenvalue weighted by molar-refractivity contribution is 0.669.